The third-order valence-corrected chi connectivity index (χ3v) is 2.78. The highest BCUT2D eigenvalue weighted by Crippen LogP contribution is 2.27. The molecule has 0 radical (unpaired) electrons. The summed E-state index contributed by atoms with van der Waals surface area (Å²) < 4.78 is 5.48. The van der Waals surface area contributed by atoms with Crippen LogP contribution in [0.4, 0.5) is 0 Å². The second kappa shape index (κ2) is 3.66. The van der Waals surface area contributed by atoms with Crippen LogP contribution in [0, 0.1) is 5.41 Å². The molecule has 0 fully saturated rings. The van der Waals surface area contributed by atoms with Crippen LogP contribution in [0.5, 0.6) is 0 Å². The molecule has 0 aromatic heterocycles. The van der Waals surface area contributed by atoms with E-state index < -0.39 is 19.7 Å². The van der Waals surface area contributed by atoms with E-state index in [1.54, 1.807) is 0 Å². The van der Waals surface area contributed by atoms with E-state index in [2.05, 4.69) is 0 Å². The van der Waals surface area contributed by atoms with Crippen LogP contribution >= 0.6 is 0 Å². The molecular weight excluding hydrogens is 188 g/mol. The van der Waals surface area contributed by atoms with E-state index >= 15 is 0 Å². The zero-order valence-corrected chi connectivity index (χ0v) is 9.96. The SMILES string of the molecule is CC(C)(CO[Si](C)(C)C)C(O)(O)O. The molecular formula is C8H20O4Si. The van der Waals surface area contributed by atoms with Gasteiger partial charge in [0.25, 0.3) is 5.97 Å². The second-order valence-electron chi connectivity index (χ2n) is 4.92. The van der Waals surface area contributed by atoms with E-state index in [4.69, 9.17) is 19.7 Å². The van der Waals surface area contributed by atoms with Gasteiger partial charge in [-0.1, -0.05) is 0 Å². The zero-order chi connectivity index (χ0) is 10.9. The number of rotatable bonds is 4. The van der Waals surface area contributed by atoms with Crippen molar-refractivity contribution in [1.29, 1.82) is 0 Å². The van der Waals surface area contributed by atoms with E-state index in [1.807, 2.05) is 19.6 Å². The van der Waals surface area contributed by atoms with Gasteiger partial charge in [-0.2, -0.15) is 0 Å². The maximum absolute atomic E-state index is 8.99. The summed E-state index contributed by atoms with van der Waals surface area (Å²) in [6.45, 7) is 9.19. The lowest BCUT2D eigenvalue weighted by atomic mass is 9.92. The first-order chi connectivity index (χ1) is 5.46. The van der Waals surface area contributed by atoms with Crippen molar-refractivity contribution in [2.75, 3.05) is 6.61 Å². The van der Waals surface area contributed by atoms with Crippen LogP contribution in [-0.2, 0) is 4.43 Å². The molecule has 0 atom stereocenters. The van der Waals surface area contributed by atoms with Crippen molar-refractivity contribution >= 4 is 8.32 Å². The Balaban J connectivity index is 4.21. The third-order valence-electron chi connectivity index (χ3n) is 1.77. The first-order valence-corrected chi connectivity index (χ1v) is 7.68. The quantitative estimate of drug-likeness (QED) is 0.465. The fraction of sp³-hybridized carbons (Fsp3) is 1.00. The molecule has 0 aromatic rings. The van der Waals surface area contributed by atoms with Crippen molar-refractivity contribution < 1.29 is 19.7 Å². The Morgan fingerprint density at radius 1 is 1.08 bits per heavy atom. The van der Waals surface area contributed by atoms with Gasteiger partial charge in [-0.15, -0.1) is 0 Å². The summed E-state index contributed by atoms with van der Waals surface area (Å²) in [6, 6.07) is 0. The molecule has 80 valence electrons. The largest absolute Gasteiger partial charge is 0.417 e. The Kier molecular flexibility index (Phi) is 3.68. The molecule has 0 amide bonds. The van der Waals surface area contributed by atoms with E-state index in [0.717, 1.165) is 0 Å². The summed E-state index contributed by atoms with van der Waals surface area (Å²) in [4.78, 5) is 0. The molecule has 3 N–H and O–H groups in total. The molecule has 4 nitrogen and oxygen atoms in total. The van der Waals surface area contributed by atoms with Crippen LogP contribution in [-0.4, -0.2) is 36.2 Å². The van der Waals surface area contributed by atoms with Gasteiger partial charge < -0.3 is 19.7 Å². The minimum atomic E-state index is -2.69. The monoisotopic (exact) mass is 208 g/mol. The number of hydrogen-bond donors (Lipinski definition) is 3. The fourth-order valence-corrected chi connectivity index (χ4v) is 1.29. The van der Waals surface area contributed by atoms with Crippen LogP contribution in [0.25, 0.3) is 0 Å². The van der Waals surface area contributed by atoms with Crippen LogP contribution in [0.15, 0.2) is 0 Å². The Morgan fingerprint density at radius 2 is 1.46 bits per heavy atom. The lowest BCUT2D eigenvalue weighted by Crippen LogP contribution is -2.49. The summed E-state index contributed by atoms with van der Waals surface area (Å²) in [7, 11) is -1.68. The summed E-state index contributed by atoms with van der Waals surface area (Å²) in [5, 5.41) is 27.0. The first-order valence-electron chi connectivity index (χ1n) is 4.27. The van der Waals surface area contributed by atoms with Gasteiger partial charge in [0.2, 0.25) is 0 Å². The standard InChI is InChI=1S/C8H20O4Si/c1-7(2,8(9,10)11)6-12-13(3,4)5/h9-11H,6H2,1-5H3. The fourth-order valence-electron chi connectivity index (χ4n) is 0.494. The molecule has 0 saturated heterocycles. The second-order valence-corrected chi connectivity index (χ2v) is 9.43. The number of aliphatic hydroxyl groups is 3. The van der Waals surface area contributed by atoms with Gasteiger partial charge in [0.05, 0.1) is 5.41 Å². The molecule has 0 saturated carbocycles. The van der Waals surface area contributed by atoms with Crippen molar-refractivity contribution in [3.63, 3.8) is 0 Å². The Hall–Kier alpha value is 0.0569. The Bertz CT molecular complexity index is 166. The smallest absolute Gasteiger partial charge is 0.282 e. The van der Waals surface area contributed by atoms with Crippen LogP contribution in [0.1, 0.15) is 13.8 Å². The third kappa shape index (κ3) is 4.73. The highest BCUT2D eigenvalue weighted by Gasteiger charge is 2.41. The van der Waals surface area contributed by atoms with Gasteiger partial charge >= 0.3 is 0 Å². The molecule has 0 aliphatic carbocycles. The van der Waals surface area contributed by atoms with Crippen LogP contribution in [0.2, 0.25) is 19.6 Å². The van der Waals surface area contributed by atoms with Crippen molar-refractivity contribution in [1.82, 2.24) is 0 Å². The maximum Gasteiger partial charge on any atom is 0.282 e. The van der Waals surface area contributed by atoms with Crippen LogP contribution in [0.3, 0.4) is 0 Å². The lowest BCUT2D eigenvalue weighted by Gasteiger charge is -2.35. The van der Waals surface area contributed by atoms with Crippen LogP contribution < -0.4 is 0 Å². The Labute approximate surface area is 80.3 Å². The average molecular weight is 208 g/mol. The van der Waals surface area contributed by atoms with Gasteiger partial charge in [-0.05, 0) is 33.5 Å². The van der Waals surface area contributed by atoms with E-state index in [1.165, 1.54) is 13.8 Å². The molecule has 13 heavy (non-hydrogen) atoms. The molecule has 0 aliphatic heterocycles. The predicted octanol–water partition coefficient (Wildman–Crippen LogP) is 0.495. The Morgan fingerprint density at radius 3 is 1.69 bits per heavy atom. The molecule has 0 aromatic carbocycles. The van der Waals surface area contributed by atoms with E-state index in [0.29, 0.717) is 0 Å². The number of hydrogen-bond acceptors (Lipinski definition) is 4. The van der Waals surface area contributed by atoms with Crippen molar-refractivity contribution in [2.24, 2.45) is 5.41 Å². The molecule has 0 aliphatic rings. The molecule has 0 spiro atoms. The molecule has 0 heterocycles. The van der Waals surface area contributed by atoms with E-state index in [-0.39, 0.29) is 6.61 Å². The van der Waals surface area contributed by atoms with Gasteiger partial charge in [0.1, 0.15) is 0 Å². The minimum Gasteiger partial charge on any atom is -0.417 e. The summed E-state index contributed by atoms with van der Waals surface area (Å²) in [6.07, 6.45) is 0. The molecule has 0 rings (SSSR count). The highest BCUT2D eigenvalue weighted by atomic mass is 28.4. The average Bonchev–Trinajstić information content (AvgIpc) is 1.79. The normalized spacial score (nSPS) is 14.8. The molecule has 0 unspecified atom stereocenters. The van der Waals surface area contributed by atoms with Crippen molar-refractivity contribution in [2.45, 2.75) is 39.5 Å². The maximum atomic E-state index is 8.99. The topological polar surface area (TPSA) is 69.9 Å². The lowest BCUT2D eigenvalue weighted by molar-refractivity contribution is -0.371. The minimum absolute atomic E-state index is 0.131. The predicted molar refractivity (Wildman–Crippen MR) is 52.5 cm³/mol. The molecule has 0 bridgehead atoms. The van der Waals surface area contributed by atoms with Gasteiger partial charge in [0.15, 0.2) is 8.32 Å². The van der Waals surface area contributed by atoms with Crippen molar-refractivity contribution in [3.8, 4) is 0 Å². The summed E-state index contributed by atoms with van der Waals surface area (Å²) in [5.41, 5.74) is -1.08. The van der Waals surface area contributed by atoms with E-state index in [9.17, 15) is 0 Å². The van der Waals surface area contributed by atoms with Gasteiger partial charge in [-0.3, -0.25) is 0 Å². The van der Waals surface area contributed by atoms with Gasteiger partial charge in [0, 0.05) is 6.61 Å². The van der Waals surface area contributed by atoms with Crippen molar-refractivity contribution in [3.05, 3.63) is 0 Å². The summed E-state index contributed by atoms with van der Waals surface area (Å²) in [5.74, 6) is -2.69. The summed E-state index contributed by atoms with van der Waals surface area (Å²) >= 11 is 0. The molecule has 5 heteroatoms. The highest BCUT2D eigenvalue weighted by molar-refractivity contribution is 6.69. The van der Waals surface area contributed by atoms with Gasteiger partial charge in [-0.25, -0.2) is 0 Å². The first kappa shape index (κ1) is 13.1. The zero-order valence-electron chi connectivity index (χ0n) is 8.96.